The maximum atomic E-state index is 14.3. The lowest BCUT2D eigenvalue weighted by Crippen LogP contribution is -2.64. The van der Waals surface area contributed by atoms with Crippen LogP contribution in [0.25, 0.3) is 0 Å². The number of ether oxygens (including phenoxy) is 1. The van der Waals surface area contributed by atoms with E-state index in [2.05, 4.69) is 5.32 Å². The first-order chi connectivity index (χ1) is 18.8. The number of Topliss-reactive ketones (excluding diaryl/α,β-unsaturated/α-hetero) is 3. The van der Waals surface area contributed by atoms with Gasteiger partial charge >= 0.3 is 0 Å². The molecule has 0 aromatic heterocycles. The number of hydrogen-bond donors (Lipinski definition) is 4. The Morgan fingerprint density at radius 2 is 1.88 bits per heavy atom. The number of benzene rings is 1. The number of anilines is 1. The van der Waals surface area contributed by atoms with E-state index in [1.165, 1.54) is 0 Å². The predicted octanol–water partition coefficient (Wildman–Crippen LogP) is 2.51. The maximum absolute atomic E-state index is 14.3. The van der Waals surface area contributed by atoms with Gasteiger partial charge in [0.05, 0.1) is 18.1 Å². The van der Waals surface area contributed by atoms with Crippen molar-refractivity contribution < 1.29 is 34.1 Å². The summed E-state index contributed by atoms with van der Waals surface area (Å²) in [6.07, 6.45) is 2.53. The lowest BCUT2D eigenvalue weighted by atomic mass is 9.50. The Kier molecular flexibility index (Phi) is 6.92. The Morgan fingerprint density at radius 1 is 1.18 bits per heavy atom. The Labute approximate surface area is 233 Å². The molecule has 9 nitrogen and oxygen atoms in total. The number of carbonyl (C=O) groups is 4. The van der Waals surface area contributed by atoms with Crippen LogP contribution in [0.15, 0.2) is 48.1 Å². The molecule has 214 valence electrons. The van der Waals surface area contributed by atoms with E-state index in [0.29, 0.717) is 17.7 Å². The number of nitrogen functional groups attached to an aromatic ring is 1. The van der Waals surface area contributed by atoms with Crippen LogP contribution < -0.4 is 11.1 Å². The highest BCUT2D eigenvalue weighted by Crippen LogP contribution is 2.68. The molecular weight excluding hydrogens is 512 g/mol. The summed E-state index contributed by atoms with van der Waals surface area (Å²) < 4.78 is 6.56. The van der Waals surface area contributed by atoms with Crippen LogP contribution in [0.5, 0.6) is 0 Å². The van der Waals surface area contributed by atoms with E-state index in [4.69, 9.17) is 10.5 Å². The van der Waals surface area contributed by atoms with Gasteiger partial charge in [-0.1, -0.05) is 44.2 Å². The molecule has 2 heterocycles. The minimum absolute atomic E-state index is 0.0616. The van der Waals surface area contributed by atoms with E-state index >= 15 is 0 Å². The molecule has 5 rings (SSSR count). The van der Waals surface area contributed by atoms with Crippen LogP contribution in [-0.2, 0) is 19.1 Å². The summed E-state index contributed by atoms with van der Waals surface area (Å²) >= 11 is 0. The molecule has 1 spiro atoms. The van der Waals surface area contributed by atoms with Gasteiger partial charge in [-0.05, 0) is 56.2 Å². The SMILES string of the molecule is CC1=C[C@@H](C)CC=C[C@H]2[C@H](O)[C@@]3(C)O[C@@]4(CC(=O)c5ccccc5N)NC(=O)[C@]2(C(=O)CC[C@H](O)C1=O)[C@H]4[C@@H]3C. The third-order valence-electron chi connectivity index (χ3n) is 9.82. The van der Waals surface area contributed by atoms with Gasteiger partial charge in [0, 0.05) is 29.5 Å². The fraction of sp³-hybridized carbons (Fsp3) is 0.548. The van der Waals surface area contributed by atoms with Crippen molar-refractivity contribution in [3.8, 4) is 0 Å². The van der Waals surface area contributed by atoms with Crippen LogP contribution in [0.4, 0.5) is 5.69 Å². The number of ketones is 3. The molecule has 1 amide bonds. The highest BCUT2D eigenvalue weighted by atomic mass is 16.6. The van der Waals surface area contributed by atoms with E-state index in [9.17, 15) is 29.4 Å². The molecule has 9 atom stereocenters. The van der Waals surface area contributed by atoms with Gasteiger partial charge in [-0.15, -0.1) is 0 Å². The van der Waals surface area contributed by atoms with Crippen molar-refractivity contribution in [3.05, 3.63) is 53.6 Å². The van der Waals surface area contributed by atoms with Crippen molar-refractivity contribution in [1.82, 2.24) is 5.32 Å². The van der Waals surface area contributed by atoms with E-state index < -0.39 is 64.2 Å². The molecule has 4 aliphatic rings. The Bertz CT molecular complexity index is 1340. The second-order valence-electron chi connectivity index (χ2n) is 12.3. The third-order valence-corrected chi connectivity index (χ3v) is 9.82. The summed E-state index contributed by atoms with van der Waals surface area (Å²) in [5.41, 5.74) is 2.61. The number of para-hydroxylation sites is 1. The zero-order valence-corrected chi connectivity index (χ0v) is 23.3. The van der Waals surface area contributed by atoms with Gasteiger partial charge in [-0.25, -0.2) is 0 Å². The number of hydrogen-bond acceptors (Lipinski definition) is 8. The minimum Gasteiger partial charge on any atom is -0.398 e. The highest BCUT2D eigenvalue weighted by molar-refractivity contribution is 6.11. The van der Waals surface area contributed by atoms with Crippen molar-refractivity contribution in [2.45, 2.75) is 76.9 Å². The molecule has 2 bridgehead atoms. The summed E-state index contributed by atoms with van der Waals surface area (Å²) in [6, 6.07) is 6.63. The predicted molar refractivity (Wildman–Crippen MR) is 147 cm³/mol. The van der Waals surface area contributed by atoms with E-state index in [1.807, 2.05) is 19.9 Å². The van der Waals surface area contributed by atoms with E-state index in [1.54, 1.807) is 50.3 Å². The van der Waals surface area contributed by atoms with E-state index in [-0.39, 0.29) is 36.5 Å². The van der Waals surface area contributed by atoms with Crippen LogP contribution in [0.1, 0.15) is 63.7 Å². The Hall–Kier alpha value is -3.14. The molecule has 2 aliphatic carbocycles. The van der Waals surface area contributed by atoms with Gasteiger partial charge in [0.2, 0.25) is 5.91 Å². The van der Waals surface area contributed by atoms with Crippen LogP contribution >= 0.6 is 0 Å². The van der Waals surface area contributed by atoms with Gasteiger partial charge in [-0.2, -0.15) is 0 Å². The Morgan fingerprint density at radius 3 is 2.58 bits per heavy atom. The van der Waals surface area contributed by atoms with Gasteiger partial charge in [-0.3, -0.25) is 19.2 Å². The summed E-state index contributed by atoms with van der Waals surface area (Å²) in [5.74, 6) is -4.18. The summed E-state index contributed by atoms with van der Waals surface area (Å²) in [6.45, 7) is 7.16. The molecular formula is C31H38N2O7. The lowest BCUT2D eigenvalue weighted by molar-refractivity contribution is -0.191. The Balaban J connectivity index is 1.63. The van der Waals surface area contributed by atoms with E-state index in [0.717, 1.165) is 0 Å². The molecule has 1 aromatic rings. The maximum Gasteiger partial charge on any atom is 0.237 e. The van der Waals surface area contributed by atoms with Crippen molar-refractivity contribution in [2.24, 2.45) is 29.1 Å². The first-order valence-electron chi connectivity index (χ1n) is 14.0. The monoisotopic (exact) mass is 550 g/mol. The summed E-state index contributed by atoms with van der Waals surface area (Å²) in [4.78, 5) is 54.7. The van der Waals surface area contributed by atoms with Crippen LogP contribution in [0.2, 0.25) is 0 Å². The molecule has 3 fully saturated rings. The summed E-state index contributed by atoms with van der Waals surface area (Å²) in [5, 5.41) is 25.4. The number of nitrogens with two attached hydrogens (primary N) is 1. The fourth-order valence-corrected chi connectivity index (χ4v) is 7.78. The number of allylic oxidation sites excluding steroid dienone is 2. The fourth-order valence-electron chi connectivity index (χ4n) is 7.78. The van der Waals surface area contributed by atoms with Crippen LogP contribution in [0.3, 0.4) is 0 Å². The largest absolute Gasteiger partial charge is 0.398 e. The second-order valence-corrected chi connectivity index (χ2v) is 12.3. The van der Waals surface area contributed by atoms with Crippen molar-refractivity contribution >= 4 is 28.9 Å². The third kappa shape index (κ3) is 3.93. The van der Waals surface area contributed by atoms with Crippen LogP contribution in [-0.4, -0.2) is 57.0 Å². The average molecular weight is 551 g/mol. The molecule has 1 aromatic carbocycles. The zero-order valence-electron chi connectivity index (χ0n) is 23.3. The summed E-state index contributed by atoms with van der Waals surface area (Å²) in [7, 11) is 0. The number of carbonyl (C=O) groups excluding carboxylic acids is 4. The van der Waals surface area contributed by atoms with Gasteiger partial charge in [0.1, 0.15) is 17.3 Å². The van der Waals surface area contributed by atoms with Gasteiger partial charge in [0.15, 0.2) is 17.3 Å². The number of aliphatic hydroxyl groups is 2. The molecule has 2 aliphatic heterocycles. The first kappa shape index (κ1) is 28.4. The quantitative estimate of drug-likeness (QED) is 0.194. The number of aliphatic hydroxyl groups excluding tert-OH is 2. The number of fused-ring (bicyclic) bond motifs is 1. The van der Waals surface area contributed by atoms with Crippen molar-refractivity contribution in [2.75, 3.05) is 5.73 Å². The second kappa shape index (κ2) is 9.75. The smallest absolute Gasteiger partial charge is 0.237 e. The van der Waals surface area contributed by atoms with Crippen molar-refractivity contribution in [1.29, 1.82) is 0 Å². The standard InChI is InChI=1S/C31H38N2O7/c1-16-8-7-10-20-27(38)29(4)18(3)26-30(40-29,15-23(35)19-9-5-6-11-21(19)32)33-28(39)31(20,26)24(36)13-12-22(34)25(37)17(2)14-16/h5-7,9-11,14,16,18,20,22,26-27,34,38H,8,12-13,15,32H2,1-4H3,(H,33,39)/t16-,18-,20-,22-,26-,27-,29-,30+,31+/m0/s1. The molecule has 1 saturated carbocycles. The number of rotatable bonds is 3. The van der Waals surface area contributed by atoms with Crippen molar-refractivity contribution in [3.63, 3.8) is 0 Å². The average Bonchev–Trinajstić information content (AvgIpc) is 3.24. The highest BCUT2D eigenvalue weighted by Gasteiger charge is 2.82. The van der Waals surface area contributed by atoms with Gasteiger partial charge in [0.25, 0.3) is 0 Å². The number of nitrogens with one attached hydrogen (secondary N) is 1. The molecule has 0 unspecified atom stereocenters. The first-order valence-corrected chi connectivity index (χ1v) is 14.0. The molecule has 9 heteroatoms. The van der Waals surface area contributed by atoms with Gasteiger partial charge < -0.3 is 26.0 Å². The minimum atomic E-state index is -1.75. The zero-order chi connectivity index (χ0) is 29.2. The molecule has 2 saturated heterocycles. The van der Waals surface area contributed by atoms with Crippen LogP contribution in [0, 0.1) is 29.1 Å². The normalized spacial score (nSPS) is 41.4. The molecule has 0 radical (unpaired) electrons. The molecule has 5 N–H and O–H groups in total. The number of amides is 1. The lowest BCUT2D eigenvalue weighted by Gasteiger charge is -2.50. The molecule has 40 heavy (non-hydrogen) atoms. The topological polar surface area (TPSA) is 156 Å².